The van der Waals surface area contributed by atoms with E-state index in [0.717, 1.165) is 19.3 Å². The van der Waals surface area contributed by atoms with Crippen molar-refractivity contribution in [3.63, 3.8) is 0 Å². The second-order valence-electron chi connectivity index (χ2n) is 6.23. The number of aromatic nitrogens is 2. The van der Waals surface area contributed by atoms with Crippen molar-refractivity contribution in [2.24, 2.45) is 7.05 Å². The highest BCUT2D eigenvalue weighted by Crippen LogP contribution is 2.31. The van der Waals surface area contributed by atoms with Crippen LogP contribution in [-0.4, -0.2) is 35.1 Å². The van der Waals surface area contributed by atoms with E-state index >= 15 is 0 Å². The van der Waals surface area contributed by atoms with Gasteiger partial charge in [-0.05, 0) is 38.7 Å². The van der Waals surface area contributed by atoms with Gasteiger partial charge in [0.25, 0.3) is 0 Å². The maximum absolute atomic E-state index is 13.2. The first-order valence-corrected chi connectivity index (χ1v) is 9.41. The molecule has 0 aliphatic carbocycles. The maximum atomic E-state index is 13.2. The van der Waals surface area contributed by atoms with Crippen molar-refractivity contribution < 1.29 is 8.42 Å². The summed E-state index contributed by atoms with van der Waals surface area (Å²) in [6, 6.07) is 10.1. The van der Waals surface area contributed by atoms with Crippen molar-refractivity contribution in [2.75, 3.05) is 6.54 Å². The normalized spacial score (nSPS) is 19.3. The minimum atomic E-state index is -3.50. The predicted molar refractivity (Wildman–Crippen MR) is 89.7 cm³/mol. The Kier molecular flexibility index (Phi) is 4.29. The lowest BCUT2D eigenvalue weighted by atomic mass is 10.1. The van der Waals surface area contributed by atoms with Crippen LogP contribution in [0.15, 0.2) is 35.2 Å². The molecule has 1 aliphatic heterocycles. The number of benzene rings is 1. The van der Waals surface area contributed by atoms with E-state index in [1.165, 1.54) is 5.56 Å². The lowest BCUT2D eigenvalue weighted by molar-refractivity contribution is 0.385. The van der Waals surface area contributed by atoms with E-state index < -0.39 is 10.0 Å². The van der Waals surface area contributed by atoms with E-state index in [2.05, 4.69) is 17.2 Å². The molecule has 0 radical (unpaired) electrons. The van der Waals surface area contributed by atoms with Gasteiger partial charge >= 0.3 is 0 Å². The van der Waals surface area contributed by atoms with Crippen molar-refractivity contribution in [3.8, 4) is 0 Å². The lowest BCUT2D eigenvalue weighted by Crippen LogP contribution is -2.37. The van der Waals surface area contributed by atoms with E-state index in [1.54, 1.807) is 23.0 Å². The van der Waals surface area contributed by atoms with Crippen molar-refractivity contribution in [3.05, 3.63) is 47.3 Å². The Morgan fingerprint density at radius 1 is 1.22 bits per heavy atom. The smallest absolute Gasteiger partial charge is 0.247 e. The number of sulfonamides is 1. The van der Waals surface area contributed by atoms with E-state index in [9.17, 15) is 8.42 Å². The third kappa shape index (κ3) is 2.93. The van der Waals surface area contributed by atoms with Gasteiger partial charge in [-0.2, -0.15) is 9.40 Å². The summed E-state index contributed by atoms with van der Waals surface area (Å²) in [5.74, 6) is 0. The van der Waals surface area contributed by atoms with Gasteiger partial charge in [0.1, 0.15) is 4.90 Å². The van der Waals surface area contributed by atoms with Crippen molar-refractivity contribution in [1.29, 1.82) is 0 Å². The number of aryl methyl sites for hydroxylation is 2. The Balaban J connectivity index is 1.92. The minimum absolute atomic E-state index is 0.0291. The molecule has 1 saturated heterocycles. The van der Waals surface area contributed by atoms with Gasteiger partial charge in [-0.1, -0.05) is 30.3 Å². The third-order valence-electron chi connectivity index (χ3n) is 4.65. The summed E-state index contributed by atoms with van der Waals surface area (Å²) < 4.78 is 29.6. The average Bonchev–Trinajstić information content (AvgIpc) is 3.06. The first kappa shape index (κ1) is 16.2. The van der Waals surface area contributed by atoms with Crippen LogP contribution in [0, 0.1) is 13.8 Å². The summed E-state index contributed by atoms with van der Waals surface area (Å²) in [7, 11) is -1.71. The first-order chi connectivity index (χ1) is 10.9. The Morgan fingerprint density at radius 2 is 1.91 bits per heavy atom. The molecule has 0 spiro atoms. The molecule has 0 bridgehead atoms. The van der Waals surface area contributed by atoms with Crippen LogP contribution >= 0.6 is 0 Å². The Hall–Kier alpha value is -1.66. The fraction of sp³-hybridized carbons (Fsp3) is 0.471. The first-order valence-electron chi connectivity index (χ1n) is 7.97. The molecule has 1 aromatic carbocycles. The zero-order valence-corrected chi connectivity index (χ0v) is 14.7. The highest BCUT2D eigenvalue weighted by Gasteiger charge is 2.38. The largest absolute Gasteiger partial charge is 0.271 e. The highest BCUT2D eigenvalue weighted by atomic mass is 32.2. The Morgan fingerprint density at radius 3 is 2.52 bits per heavy atom. The van der Waals surface area contributed by atoms with E-state index in [4.69, 9.17) is 0 Å². The fourth-order valence-electron chi connectivity index (χ4n) is 3.46. The predicted octanol–water partition coefficient (Wildman–Crippen LogP) is 2.43. The van der Waals surface area contributed by atoms with E-state index in [0.29, 0.717) is 22.8 Å². The number of hydrogen-bond acceptors (Lipinski definition) is 3. The van der Waals surface area contributed by atoms with Gasteiger partial charge in [0, 0.05) is 19.6 Å². The molecule has 0 amide bonds. The standard InChI is InChI=1S/C17H23N3O2S/c1-13-17(14(2)19(3)18-13)23(21,22)20-11-7-10-16(20)12-15-8-5-4-6-9-15/h4-6,8-9,16H,7,10-12H2,1-3H3. The van der Waals surface area contributed by atoms with Crippen LogP contribution in [0.5, 0.6) is 0 Å². The number of hydrogen-bond donors (Lipinski definition) is 0. The molecule has 2 aromatic rings. The van der Waals surface area contributed by atoms with Gasteiger partial charge in [0.05, 0.1) is 11.4 Å². The zero-order valence-electron chi connectivity index (χ0n) is 13.9. The maximum Gasteiger partial charge on any atom is 0.247 e. The van der Waals surface area contributed by atoms with Crippen LogP contribution in [0.25, 0.3) is 0 Å². The molecular weight excluding hydrogens is 310 g/mol. The van der Waals surface area contributed by atoms with Crippen LogP contribution in [0.2, 0.25) is 0 Å². The zero-order chi connectivity index (χ0) is 16.6. The summed E-state index contributed by atoms with van der Waals surface area (Å²) in [5, 5.41) is 4.27. The van der Waals surface area contributed by atoms with Crippen LogP contribution in [-0.2, 0) is 23.5 Å². The molecule has 1 atom stereocenters. The van der Waals surface area contributed by atoms with Crippen molar-refractivity contribution in [1.82, 2.24) is 14.1 Å². The quantitative estimate of drug-likeness (QED) is 0.863. The summed E-state index contributed by atoms with van der Waals surface area (Å²) in [5.41, 5.74) is 2.46. The van der Waals surface area contributed by atoms with E-state index in [1.807, 2.05) is 25.1 Å². The summed E-state index contributed by atoms with van der Waals surface area (Å²) in [4.78, 5) is 0.375. The molecule has 5 nitrogen and oxygen atoms in total. The van der Waals surface area contributed by atoms with Crippen LogP contribution in [0.4, 0.5) is 0 Å². The van der Waals surface area contributed by atoms with E-state index in [-0.39, 0.29) is 6.04 Å². The van der Waals surface area contributed by atoms with Gasteiger partial charge in [-0.3, -0.25) is 4.68 Å². The van der Waals surface area contributed by atoms with Gasteiger partial charge in [0.15, 0.2) is 0 Å². The second kappa shape index (κ2) is 6.09. The highest BCUT2D eigenvalue weighted by molar-refractivity contribution is 7.89. The molecule has 1 aromatic heterocycles. The van der Waals surface area contributed by atoms with Crippen LogP contribution in [0.3, 0.4) is 0 Å². The molecular formula is C17H23N3O2S. The van der Waals surface area contributed by atoms with Crippen LogP contribution in [0.1, 0.15) is 29.8 Å². The second-order valence-corrected chi connectivity index (χ2v) is 8.05. The average molecular weight is 333 g/mol. The molecule has 0 N–H and O–H groups in total. The Labute approximate surface area is 138 Å². The van der Waals surface area contributed by atoms with Gasteiger partial charge in [-0.15, -0.1) is 0 Å². The molecule has 124 valence electrons. The molecule has 3 rings (SSSR count). The number of nitrogens with zero attached hydrogens (tertiary/aromatic N) is 3. The SMILES string of the molecule is Cc1nn(C)c(C)c1S(=O)(=O)N1CCCC1Cc1ccccc1. The topological polar surface area (TPSA) is 55.2 Å². The lowest BCUT2D eigenvalue weighted by Gasteiger charge is -2.24. The number of rotatable bonds is 4. The van der Waals surface area contributed by atoms with Gasteiger partial charge in [-0.25, -0.2) is 8.42 Å². The molecule has 1 unspecified atom stereocenters. The third-order valence-corrected chi connectivity index (χ3v) is 6.85. The molecule has 0 saturated carbocycles. The van der Waals surface area contributed by atoms with Crippen LogP contribution < -0.4 is 0 Å². The van der Waals surface area contributed by atoms with Crippen molar-refractivity contribution in [2.45, 2.75) is 44.0 Å². The minimum Gasteiger partial charge on any atom is -0.271 e. The van der Waals surface area contributed by atoms with Gasteiger partial charge in [0.2, 0.25) is 10.0 Å². The molecule has 1 aliphatic rings. The monoisotopic (exact) mass is 333 g/mol. The van der Waals surface area contributed by atoms with Gasteiger partial charge < -0.3 is 0 Å². The summed E-state index contributed by atoms with van der Waals surface area (Å²) in [6.45, 7) is 4.17. The summed E-state index contributed by atoms with van der Waals surface area (Å²) >= 11 is 0. The Bertz CT molecular complexity index is 797. The molecule has 2 heterocycles. The van der Waals surface area contributed by atoms with Crippen molar-refractivity contribution >= 4 is 10.0 Å². The fourth-order valence-corrected chi connectivity index (χ4v) is 5.56. The molecule has 1 fully saturated rings. The summed E-state index contributed by atoms with van der Waals surface area (Å²) in [6.07, 6.45) is 2.58. The molecule has 23 heavy (non-hydrogen) atoms. The molecule has 6 heteroatoms.